The van der Waals surface area contributed by atoms with E-state index in [4.69, 9.17) is 34.8 Å². The molecule has 0 aliphatic rings. The molecule has 0 atom stereocenters. The van der Waals surface area contributed by atoms with Gasteiger partial charge < -0.3 is 5.32 Å². The predicted octanol–water partition coefficient (Wildman–Crippen LogP) is 5.50. The Bertz CT molecular complexity index is 646. The van der Waals surface area contributed by atoms with E-state index in [1.165, 1.54) is 0 Å². The van der Waals surface area contributed by atoms with Crippen LogP contribution in [0.3, 0.4) is 0 Å². The molecule has 2 nitrogen and oxygen atoms in total. The van der Waals surface area contributed by atoms with Crippen LogP contribution >= 0.6 is 57.4 Å². The number of halogens is 4. The minimum atomic E-state index is -0.289. The van der Waals surface area contributed by atoms with E-state index >= 15 is 0 Å². The largest absolute Gasteiger partial charge is 0.321 e. The highest BCUT2D eigenvalue weighted by atomic mass is 127. The number of benzene rings is 2. The maximum atomic E-state index is 12.1. The highest BCUT2D eigenvalue weighted by Gasteiger charge is 2.10. The zero-order valence-corrected chi connectivity index (χ0v) is 13.8. The molecular formula is C13H7Cl3INO. The van der Waals surface area contributed by atoms with Gasteiger partial charge in [0.15, 0.2) is 0 Å². The molecule has 98 valence electrons. The van der Waals surface area contributed by atoms with E-state index < -0.39 is 0 Å². The van der Waals surface area contributed by atoms with Crippen molar-refractivity contribution in [3.63, 3.8) is 0 Å². The van der Waals surface area contributed by atoms with Gasteiger partial charge in [-0.1, -0.05) is 34.8 Å². The van der Waals surface area contributed by atoms with Crippen molar-refractivity contribution in [1.29, 1.82) is 0 Å². The van der Waals surface area contributed by atoms with Gasteiger partial charge in [-0.15, -0.1) is 0 Å². The van der Waals surface area contributed by atoms with Crippen LogP contribution in [0.1, 0.15) is 10.4 Å². The van der Waals surface area contributed by atoms with Crippen molar-refractivity contribution in [2.24, 2.45) is 0 Å². The summed E-state index contributed by atoms with van der Waals surface area (Å²) in [6.07, 6.45) is 0. The molecule has 1 N–H and O–H groups in total. The zero-order valence-electron chi connectivity index (χ0n) is 9.38. The van der Waals surface area contributed by atoms with Gasteiger partial charge >= 0.3 is 0 Å². The number of carbonyl (C=O) groups is 1. The first-order valence-corrected chi connectivity index (χ1v) is 7.40. The molecule has 6 heteroatoms. The van der Waals surface area contributed by atoms with E-state index in [2.05, 4.69) is 27.9 Å². The third-order valence-corrected chi connectivity index (χ3v) is 4.50. The quantitative estimate of drug-likeness (QED) is 0.631. The van der Waals surface area contributed by atoms with Crippen LogP contribution in [0.5, 0.6) is 0 Å². The Morgan fingerprint density at radius 3 is 2.42 bits per heavy atom. The molecule has 2 aromatic carbocycles. The van der Waals surface area contributed by atoms with Crippen molar-refractivity contribution in [2.45, 2.75) is 0 Å². The second-order valence-corrected chi connectivity index (χ2v) is 6.12. The average molecular weight is 426 g/mol. The van der Waals surface area contributed by atoms with Crippen molar-refractivity contribution >= 4 is 69.0 Å². The Labute approximate surface area is 139 Å². The molecule has 0 spiro atoms. The van der Waals surface area contributed by atoms with E-state index in [0.717, 1.165) is 3.57 Å². The van der Waals surface area contributed by atoms with Gasteiger partial charge in [0.05, 0.1) is 15.7 Å². The number of carbonyl (C=O) groups excluding carboxylic acids is 1. The molecule has 0 heterocycles. The van der Waals surface area contributed by atoms with E-state index in [-0.39, 0.29) is 5.91 Å². The maximum absolute atomic E-state index is 12.1. The van der Waals surface area contributed by atoms with Gasteiger partial charge in [0, 0.05) is 14.2 Å². The zero-order chi connectivity index (χ0) is 14.0. The van der Waals surface area contributed by atoms with E-state index in [0.29, 0.717) is 26.3 Å². The minimum absolute atomic E-state index is 0.289. The van der Waals surface area contributed by atoms with Gasteiger partial charge in [-0.2, -0.15) is 0 Å². The van der Waals surface area contributed by atoms with Crippen LogP contribution in [0.25, 0.3) is 0 Å². The normalized spacial score (nSPS) is 10.3. The summed E-state index contributed by atoms with van der Waals surface area (Å²) in [5, 5.41) is 4.16. The van der Waals surface area contributed by atoms with Crippen molar-refractivity contribution in [3.8, 4) is 0 Å². The molecule has 0 saturated carbocycles. The van der Waals surface area contributed by atoms with Crippen molar-refractivity contribution in [3.05, 3.63) is 60.6 Å². The summed E-state index contributed by atoms with van der Waals surface area (Å²) in [5.41, 5.74) is 0.926. The van der Waals surface area contributed by atoms with Crippen molar-refractivity contribution in [2.75, 3.05) is 5.32 Å². The minimum Gasteiger partial charge on any atom is -0.321 e. The van der Waals surface area contributed by atoms with E-state index in [9.17, 15) is 4.79 Å². The van der Waals surface area contributed by atoms with E-state index in [1.54, 1.807) is 36.4 Å². The van der Waals surface area contributed by atoms with Crippen molar-refractivity contribution in [1.82, 2.24) is 0 Å². The standard InChI is InChI=1S/C13H7Cl3INO/c14-8-2-3-9(15)12(6-8)18-13(19)7-1-4-11(17)10(16)5-7/h1-6H,(H,18,19). The second-order valence-electron chi connectivity index (χ2n) is 3.71. The number of rotatable bonds is 2. The van der Waals surface area contributed by atoms with Crippen LogP contribution in [0.2, 0.25) is 15.1 Å². The third kappa shape index (κ3) is 3.75. The van der Waals surface area contributed by atoms with Gasteiger partial charge in [-0.05, 0) is 59.0 Å². The van der Waals surface area contributed by atoms with Crippen molar-refractivity contribution < 1.29 is 4.79 Å². The molecule has 0 saturated heterocycles. The average Bonchev–Trinajstić information content (AvgIpc) is 2.37. The first kappa shape index (κ1) is 14.9. The molecule has 2 rings (SSSR count). The highest BCUT2D eigenvalue weighted by molar-refractivity contribution is 14.1. The lowest BCUT2D eigenvalue weighted by atomic mass is 10.2. The SMILES string of the molecule is O=C(Nc1cc(Cl)ccc1Cl)c1ccc(I)c(Cl)c1. The second kappa shape index (κ2) is 6.31. The van der Waals surface area contributed by atoms with Gasteiger partial charge in [0.25, 0.3) is 5.91 Å². The first-order chi connectivity index (χ1) is 8.97. The molecule has 0 unspecified atom stereocenters. The van der Waals surface area contributed by atoms with Crippen LogP contribution in [-0.2, 0) is 0 Å². The number of nitrogens with one attached hydrogen (secondary N) is 1. The smallest absolute Gasteiger partial charge is 0.255 e. The first-order valence-electron chi connectivity index (χ1n) is 5.19. The summed E-state index contributed by atoms with van der Waals surface area (Å²) in [7, 11) is 0. The molecule has 19 heavy (non-hydrogen) atoms. The fourth-order valence-corrected chi connectivity index (χ4v) is 2.28. The van der Waals surface area contributed by atoms with E-state index in [1.807, 2.05) is 0 Å². The van der Waals surface area contributed by atoms with Crippen LogP contribution in [0, 0.1) is 3.57 Å². The summed E-state index contributed by atoms with van der Waals surface area (Å²) in [6, 6.07) is 9.95. The summed E-state index contributed by atoms with van der Waals surface area (Å²) in [5.74, 6) is -0.289. The Morgan fingerprint density at radius 1 is 1.00 bits per heavy atom. The number of amides is 1. The lowest BCUT2D eigenvalue weighted by Gasteiger charge is -2.08. The fraction of sp³-hybridized carbons (Fsp3) is 0. The van der Waals surface area contributed by atoms with Crippen LogP contribution < -0.4 is 5.32 Å². The Balaban J connectivity index is 2.25. The molecule has 0 radical (unpaired) electrons. The number of hydrogen-bond acceptors (Lipinski definition) is 1. The van der Waals surface area contributed by atoms with Crippen LogP contribution in [0.4, 0.5) is 5.69 Å². The molecule has 2 aromatic rings. The lowest BCUT2D eigenvalue weighted by Crippen LogP contribution is -2.12. The van der Waals surface area contributed by atoms with Crippen LogP contribution in [0.15, 0.2) is 36.4 Å². The molecule has 1 amide bonds. The Morgan fingerprint density at radius 2 is 1.74 bits per heavy atom. The Hall–Kier alpha value is -0.490. The lowest BCUT2D eigenvalue weighted by molar-refractivity contribution is 0.102. The van der Waals surface area contributed by atoms with Gasteiger partial charge in [0.2, 0.25) is 0 Å². The maximum Gasteiger partial charge on any atom is 0.255 e. The third-order valence-electron chi connectivity index (χ3n) is 2.36. The molecular weight excluding hydrogens is 419 g/mol. The Kier molecular flexibility index (Phi) is 4.95. The summed E-state index contributed by atoms with van der Waals surface area (Å²) >= 11 is 19.9. The topological polar surface area (TPSA) is 29.1 Å². The predicted molar refractivity (Wildman–Crippen MR) is 88.6 cm³/mol. The number of anilines is 1. The molecule has 0 aromatic heterocycles. The molecule has 0 aliphatic carbocycles. The molecule has 0 fully saturated rings. The van der Waals surface area contributed by atoms with Gasteiger partial charge in [-0.3, -0.25) is 4.79 Å². The highest BCUT2D eigenvalue weighted by Crippen LogP contribution is 2.26. The molecule has 0 bridgehead atoms. The summed E-state index contributed by atoms with van der Waals surface area (Å²) in [6.45, 7) is 0. The van der Waals surface area contributed by atoms with Gasteiger partial charge in [0.1, 0.15) is 0 Å². The monoisotopic (exact) mass is 425 g/mol. The fourth-order valence-electron chi connectivity index (χ4n) is 1.43. The van der Waals surface area contributed by atoms with Crippen LogP contribution in [-0.4, -0.2) is 5.91 Å². The van der Waals surface area contributed by atoms with Gasteiger partial charge in [-0.25, -0.2) is 0 Å². The summed E-state index contributed by atoms with van der Waals surface area (Å²) < 4.78 is 0.886. The summed E-state index contributed by atoms with van der Waals surface area (Å²) in [4.78, 5) is 12.1. The molecule has 0 aliphatic heterocycles. The number of hydrogen-bond donors (Lipinski definition) is 1.